The highest BCUT2D eigenvalue weighted by molar-refractivity contribution is 5.85. The molecule has 0 radical (unpaired) electrons. The molecule has 1 aliphatic rings. The van der Waals surface area contributed by atoms with Crippen molar-refractivity contribution >= 4 is 12.4 Å². The van der Waals surface area contributed by atoms with Crippen LogP contribution >= 0.6 is 12.4 Å². The predicted molar refractivity (Wildman–Crippen MR) is 92.5 cm³/mol. The molecule has 1 aromatic heterocycles. The lowest BCUT2D eigenvalue weighted by Gasteiger charge is -2.34. The van der Waals surface area contributed by atoms with Crippen molar-refractivity contribution < 1.29 is 0 Å². The highest BCUT2D eigenvalue weighted by atomic mass is 35.5. The molecule has 4 nitrogen and oxygen atoms in total. The van der Waals surface area contributed by atoms with Crippen LogP contribution in [-0.2, 0) is 6.54 Å². The van der Waals surface area contributed by atoms with Crippen LogP contribution in [0.5, 0.6) is 0 Å². The second-order valence-electron chi connectivity index (χ2n) is 6.07. The van der Waals surface area contributed by atoms with E-state index in [1.807, 2.05) is 29.1 Å². The topological polar surface area (TPSA) is 47.1 Å². The van der Waals surface area contributed by atoms with Gasteiger partial charge in [-0.25, -0.2) is 4.68 Å². The summed E-state index contributed by atoms with van der Waals surface area (Å²) in [6.45, 7) is 5.32. The Morgan fingerprint density at radius 3 is 2.77 bits per heavy atom. The Balaban J connectivity index is 0.00000176. The fourth-order valence-electron chi connectivity index (χ4n) is 3.15. The van der Waals surface area contributed by atoms with Crippen LogP contribution in [0.25, 0.3) is 5.69 Å². The zero-order valence-corrected chi connectivity index (χ0v) is 13.9. The van der Waals surface area contributed by atoms with E-state index in [2.05, 4.69) is 35.1 Å². The summed E-state index contributed by atoms with van der Waals surface area (Å²) in [6, 6.07) is 12.7. The maximum Gasteiger partial charge on any atom is 0.0649 e. The summed E-state index contributed by atoms with van der Waals surface area (Å²) in [4.78, 5) is 2.51. The zero-order valence-electron chi connectivity index (χ0n) is 13.1. The minimum atomic E-state index is 0. The number of likely N-dealkylation sites (tertiary alicyclic amines) is 1. The Morgan fingerprint density at radius 1 is 1.27 bits per heavy atom. The molecule has 0 aliphatic carbocycles. The third kappa shape index (κ3) is 3.88. The summed E-state index contributed by atoms with van der Waals surface area (Å²) in [5, 5.41) is 4.47. The lowest BCUT2D eigenvalue weighted by atomic mass is 9.92. The molecule has 22 heavy (non-hydrogen) atoms. The molecule has 0 bridgehead atoms. The number of aromatic nitrogens is 2. The van der Waals surface area contributed by atoms with Gasteiger partial charge >= 0.3 is 0 Å². The van der Waals surface area contributed by atoms with Crippen LogP contribution in [-0.4, -0.2) is 33.8 Å². The number of halogens is 1. The van der Waals surface area contributed by atoms with Gasteiger partial charge in [0.05, 0.1) is 11.4 Å². The fourth-order valence-corrected chi connectivity index (χ4v) is 3.15. The third-order valence-corrected chi connectivity index (χ3v) is 4.39. The summed E-state index contributed by atoms with van der Waals surface area (Å²) in [7, 11) is 0. The van der Waals surface area contributed by atoms with E-state index in [-0.39, 0.29) is 18.4 Å². The van der Waals surface area contributed by atoms with E-state index in [4.69, 9.17) is 5.73 Å². The van der Waals surface area contributed by atoms with Crippen LogP contribution in [0.1, 0.15) is 25.5 Å². The van der Waals surface area contributed by atoms with E-state index >= 15 is 0 Å². The number of hydrogen-bond donors (Lipinski definition) is 1. The van der Waals surface area contributed by atoms with E-state index in [1.165, 1.54) is 18.5 Å². The average molecular weight is 321 g/mol. The molecular weight excluding hydrogens is 296 g/mol. The first-order valence-corrected chi connectivity index (χ1v) is 7.80. The highest BCUT2D eigenvalue weighted by Crippen LogP contribution is 2.21. The van der Waals surface area contributed by atoms with Crippen molar-refractivity contribution in [3.05, 3.63) is 48.3 Å². The van der Waals surface area contributed by atoms with Crippen molar-refractivity contribution in [2.45, 2.75) is 32.4 Å². The molecule has 1 aromatic carbocycles. The Labute approximate surface area is 138 Å². The molecule has 2 unspecified atom stereocenters. The lowest BCUT2D eigenvalue weighted by molar-refractivity contribution is 0.152. The summed E-state index contributed by atoms with van der Waals surface area (Å²) >= 11 is 0. The van der Waals surface area contributed by atoms with Gasteiger partial charge in [-0.15, -0.1) is 12.4 Å². The Morgan fingerprint density at radius 2 is 2.05 bits per heavy atom. The van der Waals surface area contributed by atoms with Crippen molar-refractivity contribution in [2.24, 2.45) is 11.7 Å². The van der Waals surface area contributed by atoms with Crippen LogP contribution in [0.3, 0.4) is 0 Å². The van der Waals surface area contributed by atoms with E-state index in [9.17, 15) is 0 Å². The number of hydrogen-bond acceptors (Lipinski definition) is 3. The van der Waals surface area contributed by atoms with Gasteiger partial charge in [-0.05, 0) is 50.4 Å². The number of benzene rings is 1. The Hall–Kier alpha value is -1.36. The highest BCUT2D eigenvalue weighted by Gasteiger charge is 2.23. The first kappa shape index (κ1) is 17.0. The molecule has 2 aromatic rings. The van der Waals surface area contributed by atoms with E-state index in [0.29, 0.717) is 5.92 Å². The Kier molecular flexibility index (Phi) is 6.00. The molecule has 0 amide bonds. The van der Waals surface area contributed by atoms with Crippen LogP contribution in [0.15, 0.2) is 42.6 Å². The largest absolute Gasteiger partial charge is 0.328 e. The molecule has 1 saturated heterocycles. The van der Waals surface area contributed by atoms with Gasteiger partial charge in [0.25, 0.3) is 0 Å². The van der Waals surface area contributed by atoms with E-state index in [1.54, 1.807) is 0 Å². The van der Waals surface area contributed by atoms with Gasteiger partial charge in [-0.2, -0.15) is 5.10 Å². The fraction of sp³-hybridized carbons (Fsp3) is 0.471. The summed E-state index contributed by atoms with van der Waals surface area (Å²) < 4.78 is 2.04. The minimum absolute atomic E-state index is 0. The zero-order chi connectivity index (χ0) is 14.7. The van der Waals surface area contributed by atoms with Crippen molar-refractivity contribution in [3.63, 3.8) is 0 Å². The number of nitrogens with two attached hydrogens (primary N) is 1. The first-order valence-electron chi connectivity index (χ1n) is 7.80. The maximum atomic E-state index is 6.08. The van der Waals surface area contributed by atoms with Gasteiger partial charge in [-0.1, -0.05) is 18.2 Å². The molecular formula is C17H25ClN4. The smallest absolute Gasteiger partial charge is 0.0649 e. The molecule has 2 heterocycles. The normalized spacial score (nSPS) is 20.4. The first-order chi connectivity index (χ1) is 10.2. The molecule has 0 spiro atoms. The van der Waals surface area contributed by atoms with Gasteiger partial charge in [0.15, 0.2) is 0 Å². The van der Waals surface area contributed by atoms with Crippen molar-refractivity contribution in [2.75, 3.05) is 13.1 Å². The molecule has 5 heteroatoms. The second-order valence-corrected chi connectivity index (χ2v) is 6.07. The number of piperidine rings is 1. The SMILES string of the molecule is CC(N)C1CCCN(Cc2ccnn2-c2ccccc2)C1.Cl. The minimum Gasteiger partial charge on any atom is -0.328 e. The quantitative estimate of drug-likeness (QED) is 0.942. The van der Waals surface area contributed by atoms with Crippen LogP contribution in [0.4, 0.5) is 0 Å². The van der Waals surface area contributed by atoms with Gasteiger partial charge in [-0.3, -0.25) is 4.90 Å². The van der Waals surface area contributed by atoms with Crippen LogP contribution in [0.2, 0.25) is 0 Å². The molecule has 2 atom stereocenters. The number of para-hydroxylation sites is 1. The van der Waals surface area contributed by atoms with E-state index in [0.717, 1.165) is 25.3 Å². The van der Waals surface area contributed by atoms with Gasteiger partial charge in [0.2, 0.25) is 0 Å². The van der Waals surface area contributed by atoms with E-state index < -0.39 is 0 Å². The van der Waals surface area contributed by atoms with Gasteiger partial charge in [0.1, 0.15) is 0 Å². The molecule has 3 rings (SSSR count). The van der Waals surface area contributed by atoms with Gasteiger partial charge < -0.3 is 5.73 Å². The second kappa shape index (κ2) is 7.77. The van der Waals surface area contributed by atoms with Crippen molar-refractivity contribution in [1.29, 1.82) is 0 Å². The average Bonchev–Trinajstić information content (AvgIpc) is 2.96. The lowest BCUT2D eigenvalue weighted by Crippen LogP contribution is -2.42. The molecule has 1 aliphatic heterocycles. The van der Waals surface area contributed by atoms with Crippen molar-refractivity contribution in [3.8, 4) is 5.69 Å². The van der Waals surface area contributed by atoms with Gasteiger partial charge in [0, 0.05) is 25.3 Å². The molecule has 120 valence electrons. The molecule has 0 saturated carbocycles. The number of rotatable bonds is 4. The summed E-state index contributed by atoms with van der Waals surface area (Å²) in [5.74, 6) is 0.617. The summed E-state index contributed by atoms with van der Waals surface area (Å²) in [5.41, 5.74) is 8.45. The van der Waals surface area contributed by atoms with Crippen LogP contribution in [0, 0.1) is 5.92 Å². The molecule has 2 N–H and O–H groups in total. The summed E-state index contributed by atoms with van der Waals surface area (Å²) in [6.07, 6.45) is 4.38. The monoisotopic (exact) mass is 320 g/mol. The van der Waals surface area contributed by atoms with Crippen molar-refractivity contribution in [1.82, 2.24) is 14.7 Å². The molecule has 1 fully saturated rings. The third-order valence-electron chi connectivity index (χ3n) is 4.39. The Bertz CT molecular complexity index is 567. The van der Waals surface area contributed by atoms with Crippen LogP contribution < -0.4 is 5.73 Å². The maximum absolute atomic E-state index is 6.08. The predicted octanol–water partition coefficient (Wildman–Crippen LogP) is 2.85. The number of nitrogens with zero attached hydrogens (tertiary/aromatic N) is 3. The standard InChI is InChI=1S/C17H24N4.ClH/c1-14(18)15-6-5-11-20(12-15)13-17-9-10-19-21(17)16-7-3-2-4-8-16;/h2-4,7-10,14-15H,5-6,11-13,18H2,1H3;1H.